The van der Waals surface area contributed by atoms with Gasteiger partial charge in [-0.05, 0) is 36.4 Å². The predicted octanol–water partition coefficient (Wildman–Crippen LogP) is 2.63. The van der Waals surface area contributed by atoms with Gasteiger partial charge in [0.05, 0.1) is 9.21 Å². The van der Waals surface area contributed by atoms with E-state index >= 15 is 0 Å². The second-order valence-electron chi connectivity index (χ2n) is 4.87. The van der Waals surface area contributed by atoms with Gasteiger partial charge < -0.3 is 15.9 Å². The topological polar surface area (TPSA) is 93.8 Å². The summed E-state index contributed by atoms with van der Waals surface area (Å²) in [6, 6.07) is 9.92. The van der Waals surface area contributed by atoms with Crippen LogP contribution in [0, 0.1) is 0 Å². The van der Waals surface area contributed by atoms with Crippen molar-refractivity contribution in [3.8, 4) is 0 Å². The van der Waals surface area contributed by atoms with Crippen molar-refractivity contribution < 1.29 is 14.4 Å². The van der Waals surface area contributed by atoms with Crippen LogP contribution in [0.4, 0.5) is 5.69 Å². The average molecular weight is 350 g/mol. The van der Waals surface area contributed by atoms with E-state index in [1.165, 1.54) is 11.3 Å². The van der Waals surface area contributed by atoms with Crippen molar-refractivity contribution in [1.29, 1.82) is 0 Å². The number of anilines is 1. The zero-order chi connectivity index (χ0) is 16.4. The normalized spacial score (nSPS) is 16.6. The number of carbonyl (C=O) groups is 2. The number of carbonyl (C=O) groups excluding carboxylic acids is 2. The van der Waals surface area contributed by atoms with E-state index in [4.69, 9.17) is 22.2 Å². The van der Waals surface area contributed by atoms with Gasteiger partial charge >= 0.3 is 0 Å². The van der Waals surface area contributed by atoms with Crippen LogP contribution in [-0.4, -0.2) is 23.6 Å². The summed E-state index contributed by atoms with van der Waals surface area (Å²) in [7, 11) is 0. The number of rotatable bonds is 4. The van der Waals surface area contributed by atoms with E-state index in [1.54, 1.807) is 30.3 Å². The summed E-state index contributed by atoms with van der Waals surface area (Å²) in [6.45, 7) is 0. The second-order valence-corrected chi connectivity index (χ2v) is 6.59. The molecule has 8 heteroatoms. The Bertz CT molecular complexity index is 786. The Morgan fingerprint density at radius 1 is 1.26 bits per heavy atom. The monoisotopic (exact) mass is 349 g/mol. The standard InChI is InChI=1S/C15H12ClN3O3S/c16-13-6-5-12(23-13)10-7-11(22-19-10)15(21)18-9-3-1-8(2-4-9)14(17)20/h1-6,11H,7H2,(H2,17,20)(H,18,21). The lowest BCUT2D eigenvalue weighted by atomic mass is 10.1. The molecule has 2 heterocycles. The summed E-state index contributed by atoms with van der Waals surface area (Å²) >= 11 is 7.28. The van der Waals surface area contributed by atoms with Crippen LogP contribution < -0.4 is 11.1 Å². The highest BCUT2D eigenvalue weighted by molar-refractivity contribution is 7.18. The number of halogens is 1. The molecule has 1 aliphatic heterocycles. The quantitative estimate of drug-likeness (QED) is 0.888. The third kappa shape index (κ3) is 3.52. The summed E-state index contributed by atoms with van der Waals surface area (Å²) < 4.78 is 0.658. The molecule has 1 atom stereocenters. The number of nitrogens with zero attached hydrogens (tertiary/aromatic N) is 1. The molecule has 0 saturated carbocycles. The molecule has 118 valence electrons. The van der Waals surface area contributed by atoms with Gasteiger partial charge in [0.25, 0.3) is 5.91 Å². The zero-order valence-corrected chi connectivity index (χ0v) is 13.4. The molecule has 1 aromatic carbocycles. The van der Waals surface area contributed by atoms with Gasteiger partial charge in [-0.25, -0.2) is 0 Å². The van der Waals surface area contributed by atoms with E-state index in [0.717, 1.165) is 4.88 Å². The second kappa shape index (κ2) is 6.39. The van der Waals surface area contributed by atoms with Crippen LogP contribution in [0.5, 0.6) is 0 Å². The van der Waals surface area contributed by atoms with Gasteiger partial charge in [-0.3, -0.25) is 9.59 Å². The Labute approximate surface area is 140 Å². The minimum Gasteiger partial charge on any atom is -0.382 e. The number of nitrogens with two attached hydrogens (primary N) is 1. The molecular formula is C15H12ClN3O3S. The van der Waals surface area contributed by atoms with E-state index in [9.17, 15) is 9.59 Å². The van der Waals surface area contributed by atoms with Crippen molar-refractivity contribution in [2.75, 3.05) is 5.32 Å². The van der Waals surface area contributed by atoms with Gasteiger partial charge in [-0.1, -0.05) is 16.8 Å². The molecule has 1 unspecified atom stereocenters. The maximum Gasteiger partial charge on any atom is 0.268 e. The van der Waals surface area contributed by atoms with Crippen molar-refractivity contribution in [2.45, 2.75) is 12.5 Å². The minimum atomic E-state index is -0.693. The van der Waals surface area contributed by atoms with Gasteiger partial charge in [-0.15, -0.1) is 11.3 Å². The highest BCUT2D eigenvalue weighted by Gasteiger charge is 2.29. The lowest BCUT2D eigenvalue weighted by Crippen LogP contribution is -2.28. The van der Waals surface area contributed by atoms with Gasteiger partial charge in [0.15, 0.2) is 0 Å². The molecule has 0 bridgehead atoms. The molecule has 2 aromatic rings. The van der Waals surface area contributed by atoms with Crippen molar-refractivity contribution >= 4 is 46.2 Å². The third-order valence-electron chi connectivity index (χ3n) is 3.26. The summed E-state index contributed by atoms with van der Waals surface area (Å²) in [5.74, 6) is -0.826. The summed E-state index contributed by atoms with van der Waals surface area (Å²) in [5, 5.41) is 6.66. The van der Waals surface area contributed by atoms with Crippen molar-refractivity contribution in [3.63, 3.8) is 0 Å². The number of hydrogen-bond donors (Lipinski definition) is 2. The van der Waals surface area contributed by atoms with Crippen LogP contribution in [-0.2, 0) is 9.63 Å². The first-order valence-electron chi connectivity index (χ1n) is 6.72. The first-order chi connectivity index (χ1) is 11.0. The lowest BCUT2D eigenvalue weighted by molar-refractivity contribution is -0.125. The molecule has 0 saturated heterocycles. The third-order valence-corrected chi connectivity index (χ3v) is 4.54. The molecule has 1 aliphatic rings. The van der Waals surface area contributed by atoms with Crippen molar-refractivity contribution in [2.24, 2.45) is 10.9 Å². The fourth-order valence-corrected chi connectivity index (χ4v) is 3.11. The fraction of sp³-hybridized carbons (Fsp3) is 0.133. The molecule has 0 aliphatic carbocycles. The average Bonchev–Trinajstić information content (AvgIpc) is 3.16. The van der Waals surface area contributed by atoms with Gasteiger partial charge in [0, 0.05) is 17.7 Å². The van der Waals surface area contributed by atoms with E-state index in [-0.39, 0.29) is 5.91 Å². The van der Waals surface area contributed by atoms with Crippen LogP contribution in [0.15, 0.2) is 41.6 Å². The summed E-state index contributed by atoms with van der Waals surface area (Å²) in [6.07, 6.45) is -0.316. The van der Waals surface area contributed by atoms with Crippen LogP contribution in [0.2, 0.25) is 4.34 Å². The molecule has 0 fully saturated rings. The van der Waals surface area contributed by atoms with E-state index in [0.29, 0.717) is 27.7 Å². The van der Waals surface area contributed by atoms with Gasteiger partial charge in [0.2, 0.25) is 12.0 Å². The molecule has 2 amide bonds. The lowest BCUT2D eigenvalue weighted by Gasteiger charge is -2.09. The SMILES string of the molecule is NC(=O)c1ccc(NC(=O)C2CC(c3ccc(Cl)s3)=NO2)cc1. The highest BCUT2D eigenvalue weighted by Crippen LogP contribution is 2.26. The Hall–Kier alpha value is -2.38. The zero-order valence-electron chi connectivity index (χ0n) is 11.8. The van der Waals surface area contributed by atoms with Crippen molar-refractivity contribution in [1.82, 2.24) is 0 Å². The Morgan fingerprint density at radius 3 is 2.61 bits per heavy atom. The number of nitrogens with one attached hydrogen (secondary N) is 1. The van der Waals surface area contributed by atoms with Gasteiger partial charge in [-0.2, -0.15) is 0 Å². The van der Waals surface area contributed by atoms with Crippen LogP contribution in [0.25, 0.3) is 0 Å². The molecular weight excluding hydrogens is 338 g/mol. The van der Waals surface area contributed by atoms with E-state index < -0.39 is 12.0 Å². The largest absolute Gasteiger partial charge is 0.382 e. The van der Waals surface area contributed by atoms with Crippen molar-refractivity contribution in [3.05, 3.63) is 51.2 Å². The molecule has 0 spiro atoms. The fourth-order valence-electron chi connectivity index (χ4n) is 2.07. The maximum absolute atomic E-state index is 12.2. The molecule has 3 rings (SSSR count). The number of amides is 2. The summed E-state index contributed by atoms with van der Waals surface area (Å²) in [5.41, 5.74) is 6.79. The molecule has 3 N–H and O–H groups in total. The van der Waals surface area contributed by atoms with Crippen LogP contribution in [0.1, 0.15) is 21.7 Å². The van der Waals surface area contributed by atoms with Gasteiger partial charge in [0.1, 0.15) is 5.71 Å². The summed E-state index contributed by atoms with van der Waals surface area (Å²) in [4.78, 5) is 29.3. The van der Waals surface area contributed by atoms with E-state index in [1.807, 2.05) is 6.07 Å². The van der Waals surface area contributed by atoms with Crippen LogP contribution in [0.3, 0.4) is 0 Å². The minimum absolute atomic E-state index is 0.307. The van der Waals surface area contributed by atoms with Crippen LogP contribution >= 0.6 is 22.9 Å². The maximum atomic E-state index is 12.2. The Kier molecular flexibility index (Phi) is 4.31. The number of oxime groups is 1. The smallest absolute Gasteiger partial charge is 0.268 e. The molecule has 6 nitrogen and oxygen atoms in total. The number of thiophene rings is 1. The number of hydrogen-bond acceptors (Lipinski definition) is 5. The van der Waals surface area contributed by atoms with E-state index in [2.05, 4.69) is 10.5 Å². The molecule has 23 heavy (non-hydrogen) atoms. The Morgan fingerprint density at radius 2 is 2.00 bits per heavy atom. The number of benzene rings is 1. The highest BCUT2D eigenvalue weighted by atomic mass is 35.5. The molecule has 1 aromatic heterocycles. The first-order valence-corrected chi connectivity index (χ1v) is 7.91. The first kappa shape index (κ1) is 15.5. The number of primary amides is 1. The Balaban J connectivity index is 1.60. The predicted molar refractivity (Wildman–Crippen MR) is 88.9 cm³/mol. The molecule has 0 radical (unpaired) electrons.